The Balaban J connectivity index is 2.85. The summed E-state index contributed by atoms with van der Waals surface area (Å²) in [5.74, 6) is 0.368. The summed E-state index contributed by atoms with van der Waals surface area (Å²) >= 11 is 5.83. The Kier molecular flexibility index (Phi) is 5.10. The number of ether oxygens (including phenoxy) is 2. The van der Waals surface area contributed by atoms with Gasteiger partial charge in [-0.1, -0.05) is 0 Å². The van der Waals surface area contributed by atoms with Crippen molar-refractivity contribution in [3.05, 3.63) is 5.28 Å². The van der Waals surface area contributed by atoms with Crippen LogP contribution in [0.1, 0.15) is 27.7 Å². The highest BCUT2D eigenvalue weighted by Crippen LogP contribution is 2.16. The van der Waals surface area contributed by atoms with Crippen LogP contribution in [0.2, 0.25) is 5.28 Å². The first kappa shape index (κ1) is 14.9. The van der Waals surface area contributed by atoms with E-state index in [1.165, 1.54) is 0 Å². The van der Waals surface area contributed by atoms with Crippen molar-refractivity contribution in [3.8, 4) is 6.01 Å². The maximum absolute atomic E-state index is 5.83. The van der Waals surface area contributed by atoms with E-state index >= 15 is 0 Å². The van der Waals surface area contributed by atoms with Crippen molar-refractivity contribution in [1.29, 1.82) is 0 Å². The average Bonchev–Trinajstić information content (AvgIpc) is 2.13. The maximum atomic E-state index is 5.83. The van der Waals surface area contributed by atoms with Gasteiger partial charge in [0.25, 0.3) is 0 Å². The molecule has 0 radical (unpaired) electrons. The number of aromatic nitrogens is 3. The standard InChI is InChI=1S/C11H19ClN4O2/c1-7(2)18-10-14-8(12)13-9(15-10)16-11(3,4)6-17-5/h7H,6H2,1-5H3,(H,13,14,15,16). The Hall–Kier alpha value is -1.14. The highest BCUT2D eigenvalue weighted by Gasteiger charge is 2.19. The van der Waals surface area contributed by atoms with Crippen LogP contribution in [0.15, 0.2) is 0 Å². The van der Waals surface area contributed by atoms with E-state index in [0.717, 1.165) is 0 Å². The number of halogens is 1. The molecule has 0 spiro atoms. The van der Waals surface area contributed by atoms with Gasteiger partial charge in [0, 0.05) is 7.11 Å². The second kappa shape index (κ2) is 6.15. The van der Waals surface area contributed by atoms with Crippen LogP contribution in [0.4, 0.5) is 5.95 Å². The summed E-state index contributed by atoms with van der Waals surface area (Å²) in [7, 11) is 1.64. The summed E-state index contributed by atoms with van der Waals surface area (Å²) in [5, 5.41) is 3.22. The molecule has 102 valence electrons. The van der Waals surface area contributed by atoms with Crippen LogP contribution >= 0.6 is 11.6 Å². The first-order chi connectivity index (χ1) is 8.32. The molecule has 1 rings (SSSR count). The predicted molar refractivity (Wildman–Crippen MR) is 70.2 cm³/mol. The van der Waals surface area contributed by atoms with E-state index in [1.54, 1.807) is 7.11 Å². The molecule has 18 heavy (non-hydrogen) atoms. The molecule has 0 aliphatic heterocycles. The van der Waals surface area contributed by atoms with E-state index in [1.807, 2.05) is 27.7 Å². The van der Waals surface area contributed by atoms with Crippen LogP contribution in [-0.4, -0.2) is 40.3 Å². The number of rotatable bonds is 6. The molecule has 0 atom stereocenters. The fourth-order valence-electron chi connectivity index (χ4n) is 1.35. The Labute approximate surface area is 112 Å². The van der Waals surface area contributed by atoms with Crippen molar-refractivity contribution >= 4 is 17.5 Å². The van der Waals surface area contributed by atoms with Gasteiger partial charge in [0.2, 0.25) is 11.2 Å². The van der Waals surface area contributed by atoms with E-state index in [9.17, 15) is 0 Å². The highest BCUT2D eigenvalue weighted by atomic mass is 35.5. The quantitative estimate of drug-likeness (QED) is 0.857. The normalized spacial score (nSPS) is 11.7. The summed E-state index contributed by atoms with van der Waals surface area (Å²) in [5.41, 5.74) is -0.311. The summed E-state index contributed by atoms with van der Waals surface area (Å²) < 4.78 is 10.5. The molecule has 1 aromatic rings. The lowest BCUT2D eigenvalue weighted by atomic mass is 10.1. The first-order valence-corrected chi connectivity index (χ1v) is 6.05. The zero-order valence-corrected chi connectivity index (χ0v) is 12.1. The van der Waals surface area contributed by atoms with Gasteiger partial charge in [-0.3, -0.25) is 0 Å². The van der Waals surface area contributed by atoms with Crippen molar-refractivity contribution in [2.45, 2.75) is 39.3 Å². The molecule has 0 amide bonds. The zero-order chi connectivity index (χ0) is 13.8. The summed E-state index contributed by atoms with van der Waals surface area (Å²) in [6.07, 6.45) is -0.0247. The fraction of sp³-hybridized carbons (Fsp3) is 0.727. The number of hydrogen-bond acceptors (Lipinski definition) is 6. The second-order valence-electron chi connectivity index (χ2n) is 4.82. The van der Waals surface area contributed by atoms with Crippen LogP contribution in [0.5, 0.6) is 6.01 Å². The third kappa shape index (κ3) is 5.01. The lowest BCUT2D eigenvalue weighted by Gasteiger charge is -2.25. The molecular formula is C11H19ClN4O2. The summed E-state index contributed by atoms with van der Waals surface area (Å²) in [6, 6.07) is 0.209. The van der Waals surface area contributed by atoms with Crippen LogP contribution in [0, 0.1) is 0 Å². The minimum absolute atomic E-state index is 0.0247. The van der Waals surface area contributed by atoms with Gasteiger partial charge < -0.3 is 14.8 Å². The molecule has 0 saturated heterocycles. The second-order valence-corrected chi connectivity index (χ2v) is 5.16. The van der Waals surface area contributed by atoms with E-state index in [2.05, 4.69) is 20.3 Å². The lowest BCUT2D eigenvalue weighted by molar-refractivity contribution is 0.157. The lowest BCUT2D eigenvalue weighted by Crippen LogP contribution is -2.36. The Morgan fingerprint density at radius 2 is 1.94 bits per heavy atom. The number of hydrogen-bond donors (Lipinski definition) is 1. The van der Waals surface area contributed by atoms with Gasteiger partial charge in [0.05, 0.1) is 18.2 Å². The number of methoxy groups -OCH3 is 1. The molecule has 0 aliphatic rings. The van der Waals surface area contributed by atoms with Crippen LogP contribution < -0.4 is 10.1 Å². The minimum atomic E-state index is -0.311. The average molecular weight is 275 g/mol. The smallest absolute Gasteiger partial charge is 0.322 e. The fourth-order valence-corrected chi connectivity index (χ4v) is 1.50. The van der Waals surface area contributed by atoms with Crippen LogP contribution in [0.3, 0.4) is 0 Å². The molecule has 0 fully saturated rings. The number of nitrogens with one attached hydrogen (secondary N) is 1. The van der Waals surface area contributed by atoms with Crippen molar-refractivity contribution in [1.82, 2.24) is 15.0 Å². The molecule has 1 heterocycles. The zero-order valence-electron chi connectivity index (χ0n) is 11.3. The van der Waals surface area contributed by atoms with Gasteiger partial charge in [0.15, 0.2) is 0 Å². The Morgan fingerprint density at radius 1 is 1.28 bits per heavy atom. The predicted octanol–water partition coefficient (Wildman–Crippen LogP) is 2.15. The number of anilines is 1. The highest BCUT2D eigenvalue weighted by molar-refractivity contribution is 6.28. The van der Waals surface area contributed by atoms with Crippen molar-refractivity contribution < 1.29 is 9.47 Å². The molecule has 1 aromatic heterocycles. The van der Waals surface area contributed by atoms with E-state index in [0.29, 0.717) is 12.6 Å². The molecular weight excluding hydrogens is 256 g/mol. The van der Waals surface area contributed by atoms with Crippen LogP contribution in [0.25, 0.3) is 0 Å². The molecule has 0 aromatic carbocycles. The topological polar surface area (TPSA) is 69.2 Å². The molecule has 0 unspecified atom stereocenters. The molecule has 7 heteroatoms. The maximum Gasteiger partial charge on any atom is 0.322 e. The SMILES string of the molecule is COCC(C)(C)Nc1nc(Cl)nc(OC(C)C)n1. The van der Waals surface area contributed by atoms with E-state index < -0.39 is 0 Å². The van der Waals surface area contributed by atoms with E-state index in [-0.39, 0.29) is 22.9 Å². The minimum Gasteiger partial charge on any atom is -0.461 e. The van der Waals surface area contributed by atoms with E-state index in [4.69, 9.17) is 21.1 Å². The van der Waals surface area contributed by atoms with Gasteiger partial charge in [-0.05, 0) is 39.3 Å². The number of nitrogens with zero attached hydrogens (tertiary/aromatic N) is 3. The van der Waals surface area contributed by atoms with Crippen LogP contribution in [-0.2, 0) is 4.74 Å². The monoisotopic (exact) mass is 274 g/mol. The molecule has 1 N–H and O–H groups in total. The largest absolute Gasteiger partial charge is 0.461 e. The van der Waals surface area contributed by atoms with Crippen molar-refractivity contribution in [2.24, 2.45) is 0 Å². The van der Waals surface area contributed by atoms with Crippen molar-refractivity contribution in [3.63, 3.8) is 0 Å². The third-order valence-corrected chi connectivity index (χ3v) is 2.05. The molecule has 6 nitrogen and oxygen atoms in total. The summed E-state index contributed by atoms with van der Waals surface area (Å²) in [4.78, 5) is 12.1. The molecule has 0 bridgehead atoms. The first-order valence-electron chi connectivity index (χ1n) is 5.68. The van der Waals surface area contributed by atoms with Gasteiger partial charge in [-0.15, -0.1) is 0 Å². The Bertz CT molecular complexity index is 399. The van der Waals surface area contributed by atoms with Crippen molar-refractivity contribution in [2.75, 3.05) is 19.0 Å². The molecule has 0 saturated carbocycles. The third-order valence-electron chi connectivity index (χ3n) is 1.88. The summed E-state index contributed by atoms with van der Waals surface area (Å²) in [6.45, 7) is 8.23. The molecule has 0 aliphatic carbocycles. The Morgan fingerprint density at radius 3 is 2.50 bits per heavy atom. The van der Waals surface area contributed by atoms with Gasteiger partial charge >= 0.3 is 6.01 Å². The van der Waals surface area contributed by atoms with Gasteiger partial charge in [0.1, 0.15) is 0 Å². The van der Waals surface area contributed by atoms with Gasteiger partial charge in [-0.2, -0.15) is 15.0 Å². The van der Waals surface area contributed by atoms with Gasteiger partial charge in [-0.25, -0.2) is 0 Å².